The number of nitrogens with zero attached hydrogens (tertiary/aromatic N) is 1. The fraction of sp³-hybridized carbons (Fsp3) is 0.0769. The van der Waals surface area contributed by atoms with Crippen LogP contribution in [0.3, 0.4) is 0 Å². The predicted octanol–water partition coefficient (Wildman–Crippen LogP) is 3.72. The lowest BCUT2D eigenvalue weighted by atomic mass is 10.1. The second-order valence-electron chi connectivity index (χ2n) is 3.80. The van der Waals surface area contributed by atoms with Gasteiger partial charge in [0.05, 0.1) is 11.3 Å². The van der Waals surface area contributed by atoms with E-state index in [2.05, 4.69) is 4.98 Å². The standard InChI is InChI=1S/C13H7F4NO/c14-12-6-8(7-19)5-11(18-12)9-1-3-10(4-2-9)13(15,16)17/h1-7H. The summed E-state index contributed by atoms with van der Waals surface area (Å²) in [4.78, 5) is 14.1. The van der Waals surface area contributed by atoms with Crippen molar-refractivity contribution in [2.75, 3.05) is 0 Å². The van der Waals surface area contributed by atoms with Crippen LogP contribution in [-0.4, -0.2) is 11.3 Å². The first-order valence-electron chi connectivity index (χ1n) is 5.20. The minimum absolute atomic E-state index is 0.0717. The van der Waals surface area contributed by atoms with E-state index in [0.29, 0.717) is 11.8 Å². The molecule has 0 aliphatic rings. The summed E-state index contributed by atoms with van der Waals surface area (Å²) < 4.78 is 50.3. The van der Waals surface area contributed by atoms with E-state index >= 15 is 0 Å². The second kappa shape index (κ2) is 4.79. The maximum absolute atomic E-state index is 13.1. The number of aromatic nitrogens is 1. The van der Waals surface area contributed by atoms with Crippen molar-refractivity contribution in [2.45, 2.75) is 6.18 Å². The van der Waals surface area contributed by atoms with Crippen LogP contribution in [0.25, 0.3) is 11.3 Å². The highest BCUT2D eigenvalue weighted by Gasteiger charge is 2.30. The van der Waals surface area contributed by atoms with Crippen molar-refractivity contribution >= 4 is 6.29 Å². The van der Waals surface area contributed by atoms with Gasteiger partial charge in [0.2, 0.25) is 5.95 Å². The number of hydrogen-bond donors (Lipinski definition) is 0. The fourth-order valence-corrected chi connectivity index (χ4v) is 1.56. The van der Waals surface area contributed by atoms with Crippen LogP contribution < -0.4 is 0 Å². The molecule has 0 aliphatic carbocycles. The van der Waals surface area contributed by atoms with Crippen LogP contribution >= 0.6 is 0 Å². The van der Waals surface area contributed by atoms with Gasteiger partial charge in [-0.3, -0.25) is 4.79 Å². The molecule has 1 aromatic carbocycles. The lowest BCUT2D eigenvalue weighted by molar-refractivity contribution is -0.137. The van der Waals surface area contributed by atoms with Gasteiger partial charge in [0, 0.05) is 17.2 Å². The van der Waals surface area contributed by atoms with Gasteiger partial charge >= 0.3 is 6.18 Å². The molecule has 0 amide bonds. The van der Waals surface area contributed by atoms with Crippen molar-refractivity contribution in [3.05, 3.63) is 53.5 Å². The minimum Gasteiger partial charge on any atom is -0.298 e. The van der Waals surface area contributed by atoms with Crippen molar-refractivity contribution in [3.63, 3.8) is 0 Å². The highest BCUT2D eigenvalue weighted by molar-refractivity contribution is 5.77. The summed E-state index contributed by atoms with van der Waals surface area (Å²) in [5.41, 5.74) is -0.322. The van der Waals surface area contributed by atoms with Crippen LogP contribution in [0.2, 0.25) is 0 Å². The molecule has 2 aromatic rings. The van der Waals surface area contributed by atoms with Gasteiger partial charge in [-0.1, -0.05) is 12.1 Å². The molecule has 1 heterocycles. The molecule has 1 aromatic heterocycles. The number of alkyl halides is 3. The molecule has 19 heavy (non-hydrogen) atoms. The zero-order valence-electron chi connectivity index (χ0n) is 9.41. The normalized spacial score (nSPS) is 11.4. The third-order valence-corrected chi connectivity index (χ3v) is 2.46. The quantitative estimate of drug-likeness (QED) is 0.472. The monoisotopic (exact) mass is 269 g/mol. The molecule has 0 radical (unpaired) electrons. The molecule has 0 aliphatic heterocycles. The molecule has 0 saturated carbocycles. The van der Waals surface area contributed by atoms with E-state index in [1.54, 1.807) is 0 Å². The van der Waals surface area contributed by atoms with E-state index in [0.717, 1.165) is 18.2 Å². The van der Waals surface area contributed by atoms with Crippen molar-refractivity contribution in [1.29, 1.82) is 0 Å². The number of carbonyl (C=O) groups is 1. The van der Waals surface area contributed by atoms with E-state index in [1.165, 1.54) is 18.2 Å². The summed E-state index contributed by atoms with van der Waals surface area (Å²) in [6.45, 7) is 0. The number of aldehydes is 1. The number of pyridine rings is 1. The Morgan fingerprint density at radius 2 is 1.68 bits per heavy atom. The van der Waals surface area contributed by atoms with Gasteiger partial charge in [0.25, 0.3) is 0 Å². The smallest absolute Gasteiger partial charge is 0.298 e. The highest BCUT2D eigenvalue weighted by Crippen LogP contribution is 2.30. The van der Waals surface area contributed by atoms with Crippen LogP contribution in [-0.2, 0) is 6.18 Å². The first-order valence-corrected chi connectivity index (χ1v) is 5.20. The number of carbonyl (C=O) groups excluding carboxylic acids is 1. The zero-order chi connectivity index (χ0) is 14.0. The summed E-state index contributed by atoms with van der Waals surface area (Å²) in [5.74, 6) is -0.862. The Kier molecular flexibility index (Phi) is 3.33. The molecule has 98 valence electrons. The Hall–Kier alpha value is -2.24. The van der Waals surface area contributed by atoms with Crippen LogP contribution in [0.5, 0.6) is 0 Å². The Balaban J connectivity index is 2.42. The Bertz CT molecular complexity index is 605. The first-order chi connectivity index (χ1) is 8.90. The number of hydrogen-bond acceptors (Lipinski definition) is 2. The number of halogens is 4. The maximum Gasteiger partial charge on any atom is 0.416 e. The van der Waals surface area contributed by atoms with E-state index < -0.39 is 17.7 Å². The molecule has 2 rings (SSSR count). The molecule has 0 saturated heterocycles. The predicted molar refractivity (Wildman–Crippen MR) is 60.0 cm³/mol. The average Bonchev–Trinajstić information content (AvgIpc) is 2.37. The lowest BCUT2D eigenvalue weighted by Gasteiger charge is -2.07. The summed E-state index contributed by atoms with van der Waals surface area (Å²) in [5, 5.41) is 0. The minimum atomic E-state index is -4.43. The highest BCUT2D eigenvalue weighted by atomic mass is 19.4. The van der Waals surface area contributed by atoms with Crippen molar-refractivity contribution in [2.24, 2.45) is 0 Å². The second-order valence-corrected chi connectivity index (χ2v) is 3.80. The molecule has 0 N–H and O–H groups in total. The van der Waals surface area contributed by atoms with Gasteiger partial charge in [-0.2, -0.15) is 17.6 Å². The van der Waals surface area contributed by atoms with Crippen molar-refractivity contribution < 1.29 is 22.4 Å². The van der Waals surface area contributed by atoms with E-state index in [-0.39, 0.29) is 11.3 Å². The Morgan fingerprint density at radius 1 is 1.05 bits per heavy atom. The van der Waals surface area contributed by atoms with E-state index in [9.17, 15) is 22.4 Å². The zero-order valence-corrected chi connectivity index (χ0v) is 9.41. The van der Waals surface area contributed by atoms with Crippen LogP contribution in [0.15, 0.2) is 36.4 Å². The molecule has 0 atom stereocenters. The molecule has 0 fully saturated rings. The topological polar surface area (TPSA) is 30.0 Å². The van der Waals surface area contributed by atoms with Gasteiger partial charge in [-0.15, -0.1) is 0 Å². The number of rotatable bonds is 2. The van der Waals surface area contributed by atoms with E-state index in [4.69, 9.17) is 0 Å². The largest absolute Gasteiger partial charge is 0.416 e. The average molecular weight is 269 g/mol. The number of benzene rings is 1. The molecular weight excluding hydrogens is 262 g/mol. The molecule has 0 spiro atoms. The van der Waals surface area contributed by atoms with Crippen LogP contribution in [0.4, 0.5) is 17.6 Å². The third kappa shape index (κ3) is 2.96. The van der Waals surface area contributed by atoms with E-state index in [1.807, 2.05) is 0 Å². The van der Waals surface area contributed by atoms with Gasteiger partial charge in [0.15, 0.2) is 0 Å². The van der Waals surface area contributed by atoms with Crippen LogP contribution in [0, 0.1) is 5.95 Å². The molecular formula is C13H7F4NO. The van der Waals surface area contributed by atoms with Crippen molar-refractivity contribution in [1.82, 2.24) is 4.98 Å². The SMILES string of the molecule is O=Cc1cc(F)nc(-c2ccc(C(F)(F)F)cc2)c1. The summed E-state index contributed by atoms with van der Waals surface area (Å²) in [6.07, 6.45) is -3.99. The molecule has 2 nitrogen and oxygen atoms in total. The molecule has 0 bridgehead atoms. The summed E-state index contributed by atoms with van der Waals surface area (Å²) in [7, 11) is 0. The molecule has 0 unspecified atom stereocenters. The third-order valence-electron chi connectivity index (χ3n) is 2.46. The lowest BCUT2D eigenvalue weighted by Crippen LogP contribution is -2.04. The van der Waals surface area contributed by atoms with Gasteiger partial charge in [-0.25, -0.2) is 4.98 Å². The van der Waals surface area contributed by atoms with Gasteiger partial charge in [0.1, 0.15) is 6.29 Å². The van der Waals surface area contributed by atoms with Gasteiger partial charge < -0.3 is 0 Å². The summed E-state index contributed by atoms with van der Waals surface area (Å²) >= 11 is 0. The maximum atomic E-state index is 13.1. The summed E-state index contributed by atoms with van der Waals surface area (Å²) in [6, 6.07) is 6.36. The van der Waals surface area contributed by atoms with Gasteiger partial charge in [-0.05, 0) is 18.2 Å². The Morgan fingerprint density at radius 3 is 2.21 bits per heavy atom. The Labute approximate surface area is 105 Å². The van der Waals surface area contributed by atoms with Crippen LogP contribution in [0.1, 0.15) is 15.9 Å². The van der Waals surface area contributed by atoms with Crippen molar-refractivity contribution in [3.8, 4) is 11.3 Å². The first kappa shape index (κ1) is 13.2. The fourth-order valence-electron chi connectivity index (χ4n) is 1.56. The molecule has 6 heteroatoms.